The minimum absolute atomic E-state index is 0.0827. The summed E-state index contributed by atoms with van der Waals surface area (Å²) in [6.07, 6.45) is 0. The van der Waals surface area contributed by atoms with Crippen molar-refractivity contribution in [2.75, 3.05) is 137 Å². The standard InChI is InChI=1S/C41H59Cl2N7O10S/c1-44-10-14-55-18-22-59-23-19-56-15-11-45-40(51)48-33-6-8-34(9-7-33)49-41(52)46-12-16-57-20-24-60-25-21-58-17-13-47-61(53,54)35-5-3-4-31(26-35)37-29-50(2)30-38-36(37)27-32(42)28-39(38)43/h3-9,26-28,37,44,47H,10-25,29-30H2,1-2H3,(H2,45,48,51)(H2,46,49,52)/t37-/m0/s1. The number of nitrogens with zero attached hydrogens (tertiary/aromatic N) is 1. The number of fused-ring (bicyclic) bond motifs is 1. The summed E-state index contributed by atoms with van der Waals surface area (Å²) in [4.78, 5) is 26.7. The molecule has 0 radical (unpaired) electrons. The van der Waals surface area contributed by atoms with Crippen LogP contribution in [0.2, 0.25) is 10.0 Å². The van der Waals surface area contributed by atoms with Gasteiger partial charge in [-0.25, -0.2) is 22.7 Å². The second-order valence-electron chi connectivity index (χ2n) is 13.8. The number of halogens is 2. The first kappa shape index (κ1) is 50.0. The van der Waals surface area contributed by atoms with Gasteiger partial charge in [-0.15, -0.1) is 0 Å². The Balaban J connectivity index is 0.966. The highest BCUT2D eigenvalue weighted by atomic mass is 35.5. The molecule has 0 aliphatic carbocycles. The first-order chi connectivity index (χ1) is 29.6. The van der Waals surface area contributed by atoms with Crippen molar-refractivity contribution in [2.24, 2.45) is 0 Å². The van der Waals surface area contributed by atoms with Crippen LogP contribution in [0, 0.1) is 0 Å². The van der Waals surface area contributed by atoms with Crippen LogP contribution in [0.1, 0.15) is 22.6 Å². The third-order valence-corrected chi connectivity index (χ3v) is 11.1. The molecule has 0 bridgehead atoms. The number of hydrogen-bond donors (Lipinski definition) is 6. The lowest BCUT2D eigenvalue weighted by atomic mass is 9.85. The molecular formula is C41H59Cl2N7O10S. The van der Waals surface area contributed by atoms with Gasteiger partial charge in [0, 0.05) is 66.6 Å². The molecule has 3 aromatic rings. The van der Waals surface area contributed by atoms with Gasteiger partial charge in [-0.05, 0) is 79.3 Å². The number of urea groups is 2. The summed E-state index contributed by atoms with van der Waals surface area (Å²) in [7, 11) is 0.102. The van der Waals surface area contributed by atoms with Gasteiger partial charge in [-0.3, -0.25) is 0 Å². The number of amides is 4. The zero-order valence-corrected chi connectivity index (χ0v) is 37.1. The van der Waals surface area contributed by atoms with Crippen LogP contribution in [0.25, 0.3) is 0 Å². The third kappa shape index (κ3) is 19.1. The van der Waals surface area contributed by atoms with Gasteiger partial charge >= 0.3 is 12.1 Å². The molecule has 0 aromatic heterocycles. The van der Waals surface area contributed by atoms with Gasteiger partial charge in [0.25, 0.3) is 0 Å². The summed E-state index contributed by atoms with van der Waals surface area (Å²) in [5, 5.41) is 15.0. The fourth-order valence-electron chi connectivity index (χ4n) is 6.08. The minimum Gasteiger partial charge on any atom is -0.378 e. The van der Waals surface area contributed by atoms with Crippen molar-refractivity contribution in [3.63, 3.8) is 0 Å². The number of likely N-dealkylation sites (N-methyl/N-ethyl adjacent to an activating group) is 2. The van der Waals surface area contributed by atoms with E-state index in [0.717, 1.165) is 23.2 Å². The first-order valence-corrected chi connectivity index (χ1v) is 22.4. The molecule has 1 aliphatic rings. The Labute approximate surface area is 368 Å². The zero-order valence-electron chi connectivity index (χ0n) is 34.8. The van der Waals surface area contributed by atoms with Crippen molar-refractivity contribution >= 4 is 56.7 Å². The lowest BCUT2D eigenvalue weighted by Crippen LogP contribution is -2.32. The van der Waals surface area contributed by atoms with E-state index in [4.69, 9.17) is 51.6 Å². The Morgan fingerprint density at radius 3 is 1.69 bits per heavy atom. The second kappa shape index (κ2) is 28.1. The van der Waals surface area contributed by atoms with E-state index >= 15 is 0 Å². The van der Waals surface area contributed by atoms with Gasteiger partial charge in [0.05, 0.1) is 84.2 Å². The predicted octanol–water partition coefficient (Wildman–Crippen LogP) is 4.11. The monoisotopic (exact) mass is 911 g/mol. The van der Waals surface area contributed by atoms with E-state index in [0.29, 0.717) is 101 Å². The van der Waals surface area contributed by atoms with Crippen LogP contribution in [0.5, 0.6) is 0 Å². The van der Waals surface area contributed by atoms with Crippen molar-refractivity contribution < 1.29 is 46.4 Å². The lowest BCUT2D eigenvalue weighted by Gasteiger charge is -2.33. The van der Waals surface area contributed by atoms with Gasteiger partial charge in [0.2, 0.25) is 10.0 Å². The van der Waals surface area contributed by atoms with Gasteiger partial charge in [-0.2, -0.15) is 0 Å². The number of ether oxygens (including phenoxy) is 6. The molecule has 0 fully saturated rings. The molecule has 1 atom stereocenters. The summed E-state index contributed by atoms with van der Waals surface area (Å²) >= 11 is 12.8. The number of benzene rings is 3. The van der Waals surface area contributed by atoms with Crippen molar-refractivity contribution in [1.29, 1.82) is 0 Å². The molecule has 20 heteroatoms. The number of hydrogen-bond acceptors (Lipinski definition) is 12. The van der Waals surface area contributed by atoms with Crippen LogP contribution in [0.3, 0.4) is 0 Å². The fraction of sp³-hybridized carbons (Fsp3) is 0.512. The maximum Gasteiger partial charge on any atom is 0.319 e. The molecule has 17 nitrogen and oxygen atoms in total. The molecule has 61 heavy (non-hydrogen) atoms. The summed E-state index contributed by atoms with van der Waals surface area (Å²) in [6.45, 7) is 7.51. The van der Waals surface area contributed by atoms with Crippen LogP contribution in [-0.4, -0.2) is 151 Å². The highest BCUT2D eigenvalue weighted by Crippen LogP contribution is 2.38. The van der Waals surface area contributed by atoms with Crippen molar-refractivity contribution in [3.05, 3.63) is 87.4 Å². The van der Waals surface area contributed by atoms with Crippen LogP contribution in [-0.2, 0) is 45.0 Å². The molecule has 4 amide bonds. The summed E-state index contributed by atoms with van der Waals surface area (Å²) in [5.41, 5.74) is 3.98. The zero-order chi connectivity index (χ0) is 43.7. The Hall–Kier alpha value is -3.63. The molecule has 0 spiro atoms. The van der Waals surface area contributed by atoms with Crippen molar-refractivity contribution in [1.82, 2.24) is 25.6 Å². The topological polar surface area (TPSA) is 199 Å². The summed E-state index contributed by atoms with van der Waals surface area (Å²) in [5.74, 6) is -0.0827. The summed E-state index contributed by atoms with van der Waals surface area (Å²) < 4.78 is 61.6. The number of rotatable bonds is 29. The Morgan fingerprint density at radius 1 is 0.672 bits per heavy atom. The number of carbonyl (C=O) groups excluding carboxylic acids is 2. The summed E-state index contributed by atoms with van der Waals surface area (Å²) in [6, 6.07) is 16.5. The lowest BCUT2D eigenvalue weighted by molar-refractivity contribution is 0.0162. The van der Waals surface area contributed by atoms with Gasteiger partial charge in [-0.1, -0.05) is 35.3 Å². The molecular weight excluding hydrogens is 853 g/mol. The van der Waals surface area contributed by atoms with E-state index in [-0.39, 0.29) is 49.8 Å². The molecule has 6 N–H and O–H groups in total. The average Bonchev–Trinajstić information content (AvgIpc) is 3.23. The van der Waals surface area contributed by atoms with Gasteiger partial charge < -0.3 is 59.9 Å². The number of carbonyl (C=O) groups is 2. The third-order valence-electron chi connectivity index (χ3n) is 9.05. The largest absolute Gasteiger partial charge is 0.378 e. The molecule has 1 aliphatic heterocycles. The van der Waals surface area contributed by atoms with E-state index < -0.39 is 16.1 Å². The highest BCUT2D eigenvalue weighted by molar-refractivity contribution is 7.89. The highest BCUT2D eigenvalue weighted by Gasteiger charge is 2.28. The molecule has 1 heterocycles. The van der Waals surface area contributed by atoms with Crippen LogP contribution in [0.15, 0.2) is 65.6 Å². The molecule has 0 saturated heterocycles. The number of anilines is 2. The molecule has 0 saturated carbocycles. The Morgan fingerprint density at radius 2 is 1.16 bits per heavy atom. The quantitative estimate of drug-likeness (QED) is 0.0546. The smallest absolute Gasteiger partial charge is 0.319 e. The normalized spacial score (nSPS) is 14.1. The van der Waals surface area contributed by atoms with E-state index in [1.807, 2.05) is 26.2 Å². The van der Waals surface area contributed by atoms with E-state index in [1.165, 1.54) is 0 Å². The predicted molar refractivity (Wildman–Crippen MR) is 236 cm³/mol. The molecule has 338 valence electrons. The number of sulfonamides is 1. The van der Waals surface area contributed by atoms with E-state index in [2.05, 4.69) is 36.2 Å². The average molecular weight is 913 g/mol. The molecule has 0 unspecified atom stereocenters. The van der Waals surface area contributed by atoms with Gasteiger partial charge in [0.15, 0.2) is 0 Å². The first-order valence-electron chi connectivity index (χ1n) is 20.1. The van der Waals surface area contributed by atoms with E-state index in [9.17, 15) is 18.0 Å². The van der Waals surface area contributed by atoms with Crippen LogP contribution in [0.4, 0.5) is 21.0 Å². The SMILES string of the molecule is CNCCOCCOCCOCCNC(=O)Nc1ccc(NC(=O)NCCOCCOCCOCCNS(=O)(=O)c2cccc([C@@H]3CN(C)Cc4c(Cl)cc(Cl)cc43)c2)cc1. The van der Waals surface area contributed by atoms with Gasteiger partial charge in [0.1, 0.15) is 0 Å². The minimum atomic E-state index is -3.77. The van der Waals surface area contributed by atoms with E-state index in [1.54, 1.807) is 48.5 Å². The second-order valence-corrected chi connectivity index (χ2v) is 16.4. The maximum atomic E-state index is 13.1. The molecule has 3 aromatic carbocycles. The fourth-order valence-corrected chi connectivity index (χ4v) is 7.72. The Kier molecular flexibility index (Phi) is 23.1. The van der Waals surface area contributed by atoms with Crippen LogP contribution >= 0.6 is 23.2 Å². The van der Waals surface area contributed by atoms with Crippen molar-refractivity contribution in [3.8, 4) is 0 Å². The molecule has 4 rings (SSSR count). The number of nitrogens with one attached hydrogen (secondary N) is 6. The van der Waals surface area contributed by atoms with Crippen molar-refractivity contribution in [2.45, 2.75) is 17.4 Å². The Bertz CT molecular complexity index is 1880. The van der Waals surface area contributed by atoms with Crippen LogP contribution < -0.4 is 31.3 Å². The maximum absolute atomic E-state index is 13.1.